The molecule has 7 heteroatoms. The van der Waals surface area contributed by atoms with E-state index in [1.807, 2.05) is 0 Å². The van der Waals surface area contributed by atoms with Crippen LogP contribution in [0.4, 0.5) is 17.1 Å². The maximum atomic E-state index is 11.4. The topological polar surface area (TPSA) is 93.5 Å². The van der Waals surface area contributed by atoms with Crippen molar-refractivity contribution in [1.29, 1.82) is 0 Å². The highest BCUT2D eigenvalue weighted by Crippen LogP contribution is 2.38. The molecule has 1 aliphatic heterocycles. The average Bonchev–Trinajstić information content (AvgIpc) is 2.76. The molecule has 0 saturated heterocycles. The molecular formula is C14H17N3O4. The van der Waals surface area contributed by atoms with Crippen molar-refractivity contribution in [2.45, 2.75) is 31.3 Å². The highest BCUT2D eigenvalue weighted by atomic mass is 16.6. The molecule has 0 radical (unpaired) electrons. The van der Waals surface area contributed by atoms with Gasteiger partial charge in [0.1, 0.15) is 5.69 Å². The largest absolute Gasteiger partial charge is 0.377 e. The van der Waals surface area contributed by atoms with Crippen LogP contribution >= 0.6 is 0 Å². The van der Waals surface area contributed by atoms with Gasteiger partial charge in [0, 0.05) is 25.4 Å². The second kappa shape index (κ2) is 5.00. The third-order valence-electron chi connectivity index (χ3n) is 4.34. The van der Waals surface area contributed by atoms with Gasteiger partial charge in [-0.05, 0) is 30.9 Å². The van der Waals surface area contributed by atoms with Crippen LogP contribution in [0.25, 0.3) is 0 Å². The molecule has 112 valence electrons. The van der Waals surface area contributed by atoms with Crippen molar-refractivity contribution in [2.24, 2.45) is 0 Å². The molecule has 7 nitrogen and oxygen atoms in total. The van der Waals surface area contributed by atoms with E-state index in [1.54, 1.807) is 13.2 Å². The molecule has 0 unspecified atom stereocenters. The van der Waals surface area contributed by atoms with Gasteiger partial charge in [-0.1, -0.05) is 0 Å². The number of benzene rings is 1. The van der Waals surface area contributed by atoms with E-state index >= 15 is 0 Å². The van der Waals surface area contributed by atoms with Gasteiger partial charge in [0.05, 0.1) is 16.9 Å². The van der Waals surface area contributed by atoms with E-state index < -0.39 is 4.92 Å². The monoisotopic (exact) mass is 291 g/mol. The highest BCUT2D eigenvalue weighted by Gasteiger charge is 2.37. The summed E-state index contributed by atoms with van der Waals surface area (Å²) in [7, 11) is 1.66. The molecule has 0 bridgehead atoms. The molecule has 2 aliphatic rings. The number of nitro groups is 1. The lowest BCUT2D eigenvalue weighted by atomic mass is 9.80. The molecule has 0 spiro atoms. The van der Waals surface area contributed by atoms with Gasteiger partial charge in [-0.2, -0.15) is 0 Å². The van der Waals surface area contributed by atoms with Crippen molar-refractivity contribution in [3.05, 3.63) is 27.8 Å². The Balaban J connectivity index is 1.85. The second-order valence-electron chi connectivity index (χ2n) is 5.60. The summed E-state index contributed by atoms with van der Waals surface area (Å²) in [4.78, 5) is 22.2. The van der Waals surface area contributed by atoms with Gasteiger partial charge >= 0.3 is 0 Å². The molecule has 2 N–H and O–H groups in total. The molecule has 0 atom stereocenters. The van der Waals surface area contributed by atoms with Crippen LogP contribution in [0.1, 0.15) is 24.8 Å². The number of nitro benzene ring substituents is 1. The normalized spacial score (nSPS) is 18.6. The van der Waals surface area contributed by atoms with Gasteiger partial charge in [-0.25, -0.2) is 0 Å². The standard InChI is InChI=1S/C14H17N3O4/c1-21-14(3-2-4-14)8-15-11-7-10-9(6-13(18)16-10)5-12(11)17(19)20/h5,7,15H,2-4,6,8H2,1H3,(H,16,18). The first-order chi connectivity index (χ1) is 10.0. The predicted molar refractivity (Wildman–Crippen MR) is 77.5 cm³/mol. The summed E-state index contributed by atoms with van der Waals surface area (Å²) in [6, 6.07) is 3.11. The van der Waals surface area contributed by atoms with Gasteiger partial charge in [0.2, 0.25) is 5.91 Å². The van der Waals surface area contributed by atoms with E-state index in [1.165, 1.54) is 6.07 Å². The summed E-state index contributed by atoms with van der Waals surface area (Å²) in [5, 5.41) is 17.0. The van der Waals surface area contributed by atoms with Crippen molar-refractivity contribution in [3.63, 3.8) is 0 Å². The smallest absolute Gasteiger partial charge is 0.292 e. The highest BCUT2D eigenvalue weighted by molar-refractivity contribution is 6.00. The molecule has 3 rings (SSSR count). The van der Waals surface area contributed by atoms with Crippen LogP contribution in [0.5, 0.6) is 0 Å². The number of amides is 1. The lowest BCUT2D eigenvalue weighted by Crippen LogP contribution is -2.45. The number of nitrogens with one attached hydrogen (secondary N) is 2. The molecule has 0 aromatic heterocycles. The number of fused-ring (bicyclic) bond motifs is 1. The van der Waals surface area contributed by atoms with Crippen LogP contribution in [0, 0.1) is 10.1 Å². The fourth-order valence-electron chi connectivity index (χ4n) is 2.83. The van der Waals surface area contributed by atoms with E-state index in [4.69, 9.17) is 4.74 Å². The van der Waals surface area contributed by atoms with Crippen molar-refractivity contribution in [2.75, 3.05) is 24.3 Å². The van der Waals surface area contributed by atoms with Crippen molar-refractivity contribution >= 4 is 23.0 Å². The first kappa shape index (κ1) is 13.8. The molecular weight excluding hydrogens is 274 g/mol. The zero-order valence-corrected chi connectivity index (χ0v) is 11.8. The fraction of sp³-hybridized carbons (Fsp3) is 0.500. The number of nitrogens with zero attached hydrogens (tertiary/aromatic N) is 1. The first-order valence-corrected chi connectivity index (χ1v) is 6.93. The van der Waals surface area contributed by atoms with Crippen LogP contribution < -0.4 is 10.6 Å². The Morgan fingerprint density at radius 1 is 1.48 bits per heavy atom. The van der Waals surface area contributed by atoms with Gasteiger partial charge in [-0.15, -0.1) is 0 Å². The number of hydrogen-bond acceptors (Lipinski definition) is 5. The van der Waals surface area contributed by atoms with Crippen molar-refractivity contribution in [1.82, 2.24) is 0 Å². The molecule has 1 aromatic carbocycles. The maximum absolute atomic E-state index is 11.4. The Hall–Kier alpha value is -2.15. The Morgan fingerprint density at radius 2 is 2.24 bits per heavy atom. The molecule has 1 heterocycles. The molecule has 1 saturated carbocycles. The minimum Gasteiger partial charge on any atom is -0.377 e. The number of carbonyl (C=O) groups is 1. The van der Waals surface area contributed by atoms with Gasteiger partial charge < -0.3 is 15.4 Å². The summed E-state index contributed by atoms with van der Waals surface area (Å²) in [6.45, 7) is 0.525. The Morgan fingerprint density at radius 3 is 2.81 bits per heavy atom. The summed E-state index contributed by atoms with van der Waals surface area (Å²) < 4.78 is 5.50. The summed E-state index contributed by atoms with van der Waals surface area (Å²) in [5.74, 6) is -0.135. The second-order valence-corrected chi connectivity index (χ2v) is 5.60. The molecule has 1 amide bonds. The zero-order valence-electron chi connectivity index (χ0n) is 11.8. The number of rotatable bonds is 5. The van der Waals surface area contributed by atoms with Crippen LogP contribution in [0.2, 0.25) is 0 Å². The third kappa shape index (κ3) is 2.44. The van der Waals surface area contributed by atoms with E-state index in [-0.39, 0.29) is 23.6 Å². The maximum Gasteiger partial charge on any atom is 0.292 e. The average molecular weight is 291 g/mol. The number of ether oxygens (including phenoxy) is 1. The summed E-state index contributed by atoms with van der Waals surface area (Å²) in [6.07, 6.45) is 3.20. The lowest BCUT2D eigenvalue weighted by molar-refractivity contribution is -0.384. The van der Waals surface area contributed by atoms with Crippen LogP contribution in [0.3, 0.4) is 0 Å². The van der Waals surface area contributed by atoms with E-state index in [9.17, 15) is 14.9 Å². The van der Waals surface area contributed by atoms with Crippen molar-refractivity contribution in [3.8, 4) is 0 Å². The van der Waals surface area contributed by atoms with Crippen LogP contribution in [-0.2, 0) is 16.0 Å². The molecule has 1 fully saturated rings. The molecule has 21 heavy (non-hydrogen) atoms. The van der Waals surface area contributed by atoms with E-state index in [0.29, 0.717) is 23.5 Å². The summed E-state index contributed by atoms with van der Waals surface area (Å²) >= 11 is 0. The quantitative estimate of drug-likeness (QED) is 0.640. The number of methoxy groups -OCH3 is 1. The van der Waals surface area contributed by atoms with Crippen molar-refractivity contribution < 1.29 is 14.5 Å². The van der Waals surface area contributed by atoms with E-state index in [2.05, 4.69) is 10.6 Å². The Kier molecular flexibility index (Phi) is 3.29. The first-order valence-electron chi connectivity index (χ1n) is 6.93. The zero-order chi connectivity index (χ0) is 15.0. The molecule has 1 aromatic rings. The Bertz CT molecular complexity index is 605. The summed E-state index contributed by atoms with van der Waals surface area (Å²) in [5.41, 5.74) is 1.51. The third-order valence-corrected chi connectivity index (χ3v) is 4.34. The predicted octanol–water partition coefficient (Wildman–Crippen LogP) is 2.07. The van der Waals surface area contributed by atoms with Gasteiger partial charge in [-0.3, -0.25) is 14.9 Å². The SMILES string of the molecule is COC1(CNc2cc3c(cc2[N+](=O)[O-])CC(=O)N3)CCC1. The van der Waals surface area contributed by atoms with Crippen LogP contribution in [0.15, 0.2) is 12.1 Å². The van der Waals surface area contributed by atoms with Crippen LogP contribution in [-0.4, -0.2) is 30.1 Å². The fourth-order valence-corrected chi connectivity index (χ4v) is 2.83. The Labute approximate surface area is 121 Å². The number of carbonyl (C=O) groups excluding carboxylic acids is 1. The van der Waals surface area contributed by atoms with E-state index in [0.717, 1.165) is 19.3 Å². The minimum absolute atomic E-state index is 0.00386. The number of hydrogen-bond donors (Lipinski definition) is 2. The van der Waals surface area contributed by atoms with Gasteiger partial charge in [0.25, 0.3) is 5.69 Å². The lowest BCUT2D eigenvalue weighted by Gasteiger charge is -2.40. The minimum atomic E-state index is -0.425. The molecule has 1 aliphatic carbocycles. The van der Waals surface area contributed by atoms with Gasteiger partial charge in [0.15, 0.2) is 0 Å². The number of anilines is 2.